The van der Waals surface area contributed by atoms with Gasteiger partial charge in [-0.25, -0.2) is 4.98 Å². The number of para-hydroxylation sites is 1. The van der Waals surface area contributed by atoms with Gasteiger partial charge in [0.05, 0.1) is 12.2 Å². The van der Waals surface area contributed by atoms with E-state index >= 15 is 0 Å². The fourth-order valence-corrected chi connectivity index (χ4v) is 3.75. The molecule has 1 amide bonds. The highest BCUT2D eigenvalue weighted by Gasteiger charge is 2.22. The van der Waals surface area contributed by atoms with Crippen LogP contribution in [0.25, 0.3) is 0 Å². The lowest BCUT2D eigenvalue weighted by Crippen LogP contribution is -2.37. The molecule has 0 bridgehead atoms. The molecule has 3 rings (SSSR count). The average Bonchev–Trinajstić information content (AvgIpc) is 3.18. The van der Waals surface area contributed by atoms with Crippen molar-refractivity contribution in [2.24, 2.45) is 0 Å². The summed E-state index contributed by atoms with van der Waals surface area (Å²) >= 11 is 7.51. The normalized spacial score (nSPS) is 11.9. The summed E-state index contributed by atoms with van der Waals surface area (Å²) in [6.45, 7) is 7.05. The maximum Gasteiger partial charge on any atom is 0.254 e. The number of amides is 1. The minimum absolute atomic E-state index is 0.0123. The van der Waals surface area contributed by atoms with E-state index < -0.39 is 0 Å². The molecule has 0 aliphatic carbocycles. The van der Waals surface area contributed by atoms with E-state index in [1.165, 1.54) is 0 Å². The van der Waals surface area contributed by atoms with Crippen molar-refractivity contribution < 1.29 is 9.53 Å². The van der Waals surface area contributed by atoms with Gasteiger partial charge in [0.25, 0.3) is 5.91 Å². The van der Waals surface area contributed by atoms with Crippen LogP contribution in [0.15, 0.2) is 53.9 Å². The van der Waals surface area contributed by atoms with Crippen LogP contribution >= 0.6 is 22.9 Å². The molecular weight excluding hydrogens is 404 g/mol. The fourth-order valence-electron chi connectivity index (χ4n) is 2.93. The largest absolute Gasteiger partial charge is 0.486 e. The van der Waals surface area contributed by atoms with Crippen molar-refractivity contribution in [1.82, 2.24) is 9.88 Å². The summed E-state index contributed by atoms with van der Waals surface area (Å²) in [4.78, 5) is 19.6. The third-order valence-electron chi connectivity index (χ3n) is 4.85. The molecule has 0 N–H and O–H groups in total. The molecule has 1 atom stereocenters. The minimum atomic E-state index is -0.0123. The number of ether oxygens (including phenoxy) is 1. The average molecular weight is 429 g/mol. The number of rotatable bonds is 8. The predicted molar refractivity (Wildman–Crippen MR) is 119 cm³/mol. The molecule has 1 aromatic heterocycles. The van der Waals surface area contributed by atoms with Gasteiger partial charge in [-0.05, 0) is 56.2 Å². The van der Waals surface area contributed by atoms with Crippen LogP contribution in [0.5, 0.6) is 5.75 Å². The predicted octanol–water partition coefficient (Wildman–Crippen LogP) is 6.12. The molecule has 0 unspecified atom stereocenters. The second-order valence-electron chi connectivity index (χ2n) is 6.98. The molecular formula is C23H25ClN2O2S. The molecule has 0 saturated carbocycles. The molecule has 0 fully saturated rings. The van der Waals surface area contributed by atoms with E-state index in [-0.39, 0.29) is 11.9 Å². The van der Waals surface area contributed by atoms with Crippen molar-refractivity contribution >= 4 is 28.8 Å². The quantitative estimate of drug-likeness (QED) is 0.433. The Morgan fingerprint density at radius 1 is 1.21 bits per heavy atom. The SMILES string of the molecule is CC[C@@H](C)N(Cc1csc(COc2ccccc2C)n1)C(=O)c1ccc(Cl)cc1. The van der Waals surface area contributed by atoms with Gasteiger partial charge in [-0.3, -0.25) is 4.79 Å². The van der Waals surface area contributed by atoms with Gasteiger partial charge < -0.3 is 9.64 Å². The molecule has 0 saturated heterocycles. The molecule has 0 spiro atoms. The number of hydrogen-bond acceptors (Lipinski definition) is 4. The summed E-state index contributed by atoms with van der Waals surface area (Å²) < 4.78 is 5.89. The van der Waals surface area contributed by atoms with Crippen LogP contribution in [-0.2, 0) is 13.2 Å². The van der Waals surface area contributed by atoms with Crippen LogP contribution in [0.1, 0.15) is 46.9 Å². The summed E-state index contributed by atoms with van der Waals surface area (Å²) in [6, 6.07) is 15.1. The molecule has 0 aliphatic rings. The Hall–Kier alpha value is -2.37. The Morgan fingerprint density at radius 2 is 1.93 bits per heavy atom. The third-order valence-corrected chi connectivity index (χ3v) is 5.97. The Bertz CT molecular complexity index is 956. The van der Waals surface area contributed by atoms with E-state index in [2.05, 4.69) is 18.8 Å². The van der Waals surface area contributed by atoms with Crippen LogP contribution in [0.2, 0.25) is 5.02 Å². The highest BCUT2D eigenvalue weighted by Crippen LogP contribution is 2.21. The molecule has 3 aromatic rings. The van der Waals surface area contributed by atoms with Crippen molar-refractivity contribution in [3.05, 3.63) is 80.8 Å². The molecule has 4 nitrogen and oxygen atoms in total. The first-order valence-corrected chi connectivity index (χ1v) is 10.9. The number of aryl methyl sites for hydroxylation is 1. The summed E-state index contributed by atoms with van der Waals surface area (Å²) in [6.07, 6.45) is 0.868. The van der Waals surface area contributed by atoms with E-state index in [0.29, 0.717) is 23.7 Å². The topological polar surface area (TPSA) is 42.4 Å². The molecule has 0 aliphatic heterocycles. The second kappa shape index (κ2) is 9.90. The zero-order chi connectivity index (χ0) is 20.8. The molecule has 0 radical (unpaired) electrons. The van der Waals surface area contributed by atoms with Crippen LogP contribution < -0.4 is 4.74 Å². The van der Waals surface area contributed by atoms with Gasteiger partial charge >= 0.3 is 0 Å². The number of aromatic nitrogens is 1. The number of nitrogens with zero attached hydrogens (tertiary/aromatic N) is 2. The number of benzene rings is 2. The molecule has 29 heavy (non-hydrogen) atoms. The van der Waals surface area contributed by atoms with Crippen molar-refractivity contribution in [3.63, 3.8) is 0 Å². The monoisotopic (exact) mass is 428 g/mol. The van der Waals surface area contributed by atoms with E-state index in [4.69, 9.17) is 16.3 Å². The standard InChI is InChI=1S/C23H25ClN2O2S/c1-4-17(3)26(23(27)18-9-11-19(24)12-10-18)13-20-15-29-22(25-20)14-28-21-8-6-5-7-16(21)2/h5-12,15,17H,4,13-14H2,1-3H3/t17-/m1/s1. The maximum atomic E-state index is 13.0. The number of halogens is 1. The fraction of sp³-hybridized carbons (Fsp3) is 0.304. The lowest BCUT2D eigenvalue weighted by atomic mass is 10.1. The van der Waals surface area contributed by atoms with Crippen molar-refractivity contribution in [2.75, 3.05) is 0 Å². The van der Waals surface area contributed by atoms with Gasteiger partial charge in [0.1, 0.15) is 17.4 Å². The Kier molecular flexibility index (Phi) is 7.29. The van der Waals surface area contributed by atoms with Crippen LogP contribution in [-0.4, -0.2) is 21.8 Å². The number of hydrogen-bond donors (Lipinski definition) is 0. The number of thiazole rings is 1. The summed E-state index contributed by atoms with van der Waals surface area (Å²) in [5, 5.41) is 3.52. The second-order valence-corrected chi connectivity index (χ2v) is 8.36. The van der Waals surface area contributed by atoms with E-state index in [1.54, 1.807) is 35.6 Å². The van der Waals surface area contributed by atoms with E-state index in [9.17, 15) is 4.79 Å². The van der Waals surface area contributed by atoms with Gasteiger partial charge in [0.15, 0.2) is 0 Å². The van der Waals surface area contributed by atoms with Gasteiger partial charge in [0.2, 0.25) is 0 Å². The number of carbonyl (C=O) groups excluding carboxylic acids is 1. The van der Waals surface area contributed by atoms with Gasteiger partial charge in [-0.15, -0.1) is 11.3 Å². The third kappa shape index (κ3) is 5.58. The first kappa shape index (κ1) is 21.3. The number of carbonyl (C=O) groups is 1. The van der Waals surface area contributed by atoms with Gasteiger partial charge in [-0.2, -0.15) is 0 Å². The lowest BCUT2D eigenvalue weighted by molar-refractivity contribution is 0.0669. The highest BCUT2D eigenvalue weighted by atomic mass is 35.5. The summed E-state index contributed by atoms with van der Waals surface area (Å²) in [7, 11) is 0. The molecule has 152 valence electrons. The lowest BCUT2D eigenvalue weighted by Gasteiger charge is -2.28. The molecule has 6 heteroatoms. The Labute approximate surface area is 181 Å². The zero-order valence-corrected chi connectivity index (χ0v) is 18.5. The van der Waals surface area contributed by atoms with Crippen LogP contribution in [0, 0.1) is 6.92 Å². The zero-order valence-electron chi connectivity index (χ0n) is 16.9. The van der Waals surface area contributed by atoms with Crippen LogP contribution in [0.4, 0.5) is 0 Å². The van der Waals surface area contributed by atoms with Crippen molar-refractivity contribution in [1.29, 1.82) is 0 Å². The molecule has 1 heterocycles. The Morgan fingerprint density at radius 3 is 2.62 bits per heavy atom. The summed E-state index contributed by atoms with van der Waals surface area (Å²) in [5.41, 5.74) is 2.61. The highest BCUT2D eigenvalue weighted by molar-refractivity contribution is 7.09. The van der Waals surface area contributed by atoms with Gasteiger partial charge in [-0.1, -0.05) is 36.7 Å². The molecule has 2 aromatic carbocycles. The smallest absolute Gasteiger partial charge is 0.254 e. The van der Waals surface area contributed by atoms with Crippen molar-refractivity contribution in [3.8, 4) is 5.75 Å². The van der Waals surface area contributed by atoms with E-state index in [0.717, 1.165) is 28.4 Å². The van der Waals surface area contributed by atoms with Crippen LogP contribution in [0.3, 0.4) is 0 Å². The van der Waals surface area contributed by atoms with Gasteiger partial charge in [0, 0.05) is 22.0 Å². The van der Waals surface area contributed by atoms with E-state index in [1.807, 2.05) is 41.5 Å². The van der Waals surface area contributed by atoms with Crippen molar-refractivity contribution in [2.45, 2.75) is 46.4 Å². The first-order valence-electron chi connectivity index (χ1n) is 9.66. The first-order chi connectivity index (χ1) is 14.0. The Balaban J connectivity index is 1.69. The maximum absolute atomic E-state index is 13.0. The summed E-state index contributed by atoms with van der Waals surface area (Å²) in [5.74, 6) is 0.852. The minimum Gasteiger partial charge on any atom is -0.486 e.